The van der Waals surface area contributed by atoms with Crippen molar-refractivity contribution < 1.29 is 14.3 Å². The molecule has 0 bridgehead atoms. The lowest BCUT2D eigenvalue weighted by Crippen LogP contribution is -2.24. The molecule has 0 fully saturated rings. The van der Waals surface area contributed by atoms with Crippen molar-refractivity contribution in [1.29, 1.82) is 0 Å². The van der Waals surface area contributed by atoms with Gasteiger partial charge in [-0.15, -0.1) is 11.3 Å². The number of benzene rings is 2. The number of ether oxygens (including phenoxy) is 1. The predicted octanol–water partition coefficient (Wildman–Crippen LogP) is 4.39. The Morgan fingerprint density at radius 3 is 2.73 bits per heavy atom. The van der Waals surface area contributed by atoms with Crippen LogP contribution in [-0.2, 0) is 22.6 Å². The Balaban J connectivity index is 1.42. The Bertz CT molecular complexity index is 1010. The third-order valence-electron chi connectivity index (χ3n) is 3.95. The van der Waals surface area contributed by atoms with Crippen LogP contribution in [0, 0.1) is 0 Å². The molecule has 0 saturated heterocycles. The molecule has 0 spiro atoms. The fourth-order valence-electron chi connectivity index (χ4n) is 2.50. The number of rotatable bonds is 9. The van der Waals surface area contributed by atoms with Gasteiger partial charge in [-0.25, -0.2) is 4.98 Å². The molecule has 30 heavy (non-hydrogen) atoms. The monoisotopic (exact) mass is 461 g/mol. The molecule has 0 aliphatic heterocycles. The molecule has 0 radical (unpaired) electrons. The third-order valence-corrected chi connectivity index (χ3v) is 6.27. The first-order chi connectivity index (χ1) is 14.5. The largest absolute Gasteiger partial charge is 0.497 e. The van der Waals surface area contributed by atoms with Gasteiger partial charge in [-0.05, 0) is 42.0 Å². The highest BCUT2D eigenvalue weighted by Gasteiger charge is 2.10. The fraction of sp³-hybridized carbons (Fsp3) is 0.190. The minimum atomic E-state index is -0.130. The average molecular weight is 462 g/mol. The summed E-state index contributed by atoms with van der Waals surface area (Å²) in [5.74, 6) is 0.746. The molecule has 9 heteroatoms. The highest BCUT2D eigenvalue weighted by Crippen LogP contribution is 2.23. The first kappa shape index (κ1) is 22.1. The van der Waals surface area contributed by atoms with E-state index < -0.39 is 0 Å². The van der Waals surface area contributed by atoms with Gasteiger partial charge in [0.15, 0.2) is 4.34 Å². The van der Waals surface area contributed by atoms with Gasteiger partial charge in [0.05, 0.1) is 25.0 Å². The van der Waals surface area contributed by atoms with E-state index in [1.807, 2.05) is 29.6 Å². The number of anilines is 1. The minimum Gasteiger partial charge on any atom is -0.497 e. The van der Waals surface area contributed by atoms with Gasteiger partial charge in [0, 0.05) is 22.6 Å². The summed E-state index contributed by atoms with van der Waals surface area (Å²) in [5.41, 5.74) is 2.34. The molecule has 156 valence electrons. The fourth-order valence-corrected chi connectivity index (χ4v) is 4.27. The number of hydrogen-bond donors (Lipinski definition) is 2. The minimum absolute atomic E-state index is 0.111. The number of amides is 2. The first-order valence-electron chi connectivity index (χ1n) is 9.04. The van der Waals surface area contributed by atoms with Gasteiger partial charge in [-0.1, -0.05) is 35.5 Å². The summed E-state index contributed by atoms with van der Waals surface area (Å²) >= 11 is 8.59. The van der Waals surface area contributed by atoms with E-state index in [0.717, 1.165) is 15.7 Å². The maximum absolute atomic E-state index is 12.2. The molecular formula is C21H20ClN3O3S2. The number of carbonyl (C=O) groups is 2. The summed E-state index contributed by atoms with van der Waals surface area (Å²) in [6, 6.07) is 14.5. The second kappa shape index (κ2) is 11.0. The number of thioether (sulfide) groups is 1. The van der Waals surface area contributed by atoms with Crippen LogP contribution in [0.3, 0.4) is 0 Å². The number of carbonyl (C=O) groups excluding carboxylic acids is 2. The van der Waals surface area contributed by atoms with Crippen LogP contribution < -0.4 is 15.4 Å². The van der Waals surface area contributed by atoms with Crippen LogP contribution in [0.5, 0.6) is 5.75 Å². The van der Waals surface area contributed by atoms with E-state index in [1.54, 1.807) is 31.4 Å². The van der Waals surface area contributed by atoms with E-state index in [2.05, 4.69) is 15.6 Å². The summed E-state index contributed by atoms with van der Waals surface area (Å²) in [4.78, 5) is 28.7. The van der Waals surface area contributed by atoms with Gasteiger partial charge < -0.3 is 15.4 Å². The van der Waals surface area contributed by atoms with Crippen LogP contribution in [-0.4, -0.2) is 29.7 Å². The van der Waals surface area contributed by atoms with Gasteiger partial charge in [0.1, 0.15) is 5.75 Å². The average Bonchev–Trinajstić information content (AvgIpc) is 3.20. The number of nitrogens with one attached hydrogen (secondary N) is 2. The lowest BCUT2D eigenvalue weighted by atomic mass is 10.2. The maximum Gasteiger partial charge on any atom is 0.234 e. The molecule has 0 aliphatic rings. The zero-order valence-corrected chi connectivity index (χ0v) is 18.6. The summed E-state index contributed by atoms with van der Waals surface area (Å²) in [5, 5.41) is 8.14. The zero-order chi connectivity index (χ0) is 21.3. The summed E-state index contributed by atoms with van der Waals surface area (Å²) in [6.07, 6.45) is 0.192. The number of aromatic nitrogens is 1. The molecular weight excluding hydrogens is 442 g/mol. The van der Waals surface area contributed by atoms with Crippen LogP contribution in [0.25, 0.3) is 0 Å². The standard InChI is InChI=1S/C21H20ClN3O3S2/c1-28-18-4-2-3-14(9-18)11-23-19(26)10-17-12-29-21(25-17)30-13-20(27)24-16-7-5-15(22)6-8-16/h2-9,12H,10-11,13H2,1H3,(H,23,26)(H,24,27). The second-order valence-electron chi connectivity index (χ2n) is 6.25. The van der Waals surface area contributed by atoms with Gasteiger partial charge in [-0.3, -0.25) is 9.59 Å². The van der Waals surface area contributed by atoms with Crippen LogP contribution in [0.4, 0.5) is 5.69 Å². The van der Waals surface area contributed by atoms with E-state index in [1.165, 1.54) is 23.1 Å². The van der Waals surface area contributed by atoms with Crippen LogP contribution in [0.15, 0.2) is 58.3 Å². The molecule has 1 aromatic heterocycles. The quantitative estimate of drug-likeness (QED) is 0.462. The Hall–Kier alpha value is -2.55. The Morgan fingerprint density at radius 1 is 1.17 bits per heavy atom. The molecule has 0 aliphatic carbocycles. The number of nitrogens with zero attached hydrogens (tertiary/aromatic N) is 1. The normalized spacial score (nSPS) is 10.5. The molecule has 0 saturated carbocycles. The van der Waals surface area contributed by atoms with Gasteiger partial charge in [0.2, 0.25) is 11.8 Å². The van der Waals surface area contributed by atoms with Gasteiger partial charge in [0.25, 0.3) is 0 Å². The van der Waals surface area contributed by atoms with Crippen LogP contribution in [0.2, 0.25) is 5.02 Å². The maximum atomic E-state index is 12.2. The van der Waals surface area contributed by atoms with E-state index >= 15 is 0 Å². The van der Waals surface area contributed by atoms with Gasteiger partial charge in [-0.2, -0.15) is 0 Å². The Morgan fingerprint density at radius 2 is 1.97 bits per heavy atom. The number of hydrogen-bond acceptors (Lipinski definition) is 6. The van der Waals surface area contributed by atoms with Crippen molar-refractivity contribution in [3.8, 4) is 5.75 Å². The van der Waals surface area contributed by atoms with E-state index in [0.29, 0.717) is 22.9 Å². The zero-order valence-electron chi connectivity index (χ0n) is 16.2. The number of thiazole rings is 1. The number of halogens is 1. The Kier molecular flexibility index (Phi) is 8.12. The molecule has 0 atom stereocenters. The van der Waals surface area contributed by atoms with Crippen molar-refractivity contribution in [2.45, 2.75) is 17.3 Å². The van der Waals surface area contributed by atoms with Crippen LogP contribution in [0.1, 0.15) is 11.3 Å². The van der Waals surface area contributed by atoms with Crippen LogP contribution >= 0.6 is 34.7 Å². The summed E-state index contributed by atoms with van der Waals surface area (Å²) in [6.45, 7) is 0.423. The van der Waals surface area contributed by atoms with Crippen molar-refractivity contribution in [2.75, 3.05) is 18.2 Å². The molecule has 2 amide bonds. The van der Waals surface area contributed by atoms with Crippen molar-refractivity contribution in [1.82, 2.24) is 10.3 Å². The molecule has 3 rings (SSSR count). The van der Waals surface area contributed by atoms with E-state index in [4.69, 9.17) is 16.3 Å². The molecule has 2 N–H and O–H groups in total. The lowest BCUT2D eigenvalue weighted by Gasteiger charge is -2.06. The van der Waals surface area contributed by atoms with E-state index in [9.17, 15) is 9.59 Å². The molecule has 2 aromatic carbocycles. The topological polar surface area (TPSA) is 80.3 Å². The predicted molar refractivity (Wildman–Crippen MR) is 121 cm³/mol. The third kappa shape index (κ3) is 7.05. The lowest BCUT2D eigenvalue weighted by molar-refractivity contribution is -0.120. The van der Waals surface area contributed by atoms with Crippen molar-refractivity contribution in [2.24, 2.45) is 0 Å². The van der Waals surface area contributed by atoms with Crippen molar-refractivity contribution >= 4 is 52.2 Å². The molecule has 3 aromatic rings. The highest BCUT2D eigenvalue weighted by molar-refractivity contribution is 8.01. The summed E-state index contributed by atoms with van der Waals surface area (Å²) in [7, 11) is 1.61. The second-order valence-corrected chi connectivity index (χ2v) is 8.77. The Labute approximate surface area is 188 Å². The SMILES string of the molecule is COc1cccc(CNC(=O)Cc2csc(SCC(=O)Nc3ccc(Cl)cc3)n2)c1. The van der Waals surface area contributed by atoms with E-state index in [-0.39, 0.29) is 24.0 Å². The van der Waals surface area contributed by atoms with Crippen molar-refractivity contribution in [3.63, 3.8) is 0 Å². The van der Waals surface area contributed by atoms with Crippen molar-refractivity contribution in [3.05, 3.63) is 70.2 Å². The molecule has 0 unspecified atom stereocenters. The molecule has 1 heterocycles. The number of methoxy groups -OCH3 is 1. The summed E-state index contributed by atoms with van der Waals surface area (Å²) < 4.78 is 5.93. The van der Waals surface area contributed by atoms with Gasteiger partial charge >= 0.3 is 0 Å². The smallest absolute Gasteiger partial charge is 0.234 e. The highest BCUT2D eigenvalue weighted by atomic mass is 35.5. The molecule has 6 nitrogen and oxygen atoms in total. The first-order valence-corrected chi connectivity index (χ1v) is 11.3.